The number of rotatable bonds is 4. The van der Waals surface area contributed by atoms with E-state index >= 15 is 0 Å². The number of aryl methyl sites for hydroxylation is 1. The van der Waals surface area contributed by atoms with Crippen molar-refractivity contribution in [1.29, 1.82) is 0 Å². The van der Waals surface area contributed by atoms with Gasteiger partial charge in [-0.3, -0.25) is 0 Å². The number of esters is 1. The molecule has 4 fully saturated rings. The summed E-state index contributed by atoms with van der Waals surface area (Å²) in [5.74, 6) is -6.19. The highest BCUT2D eigenvalue weighted by molar-refractivity contribution is 5.95. The van der Waals surface area contributed by atoms with E-state index in [1.807, 2.05) is 6.92 Å². The van der Waals surface area contributed by atoms with Crippen LogP contribution < -0.4 is 0 Å². The largest absolute Gasteiger partial charge is 0.493 e. The number of ether oxygens (including phenoxy) is 1. The molecule has 52 heavy (non-hydrogen) atoms. The summed E-state index contributed by atoms with van der Waals surface area (Å²) in [6.07, 6.45) is -2.51. The molecule has 0 unspecified atom stereocenters. The Morgan fingerprint density at radius 2 is 1.44 bits per heavy atom. The second kappa shape index (κ2) is 12.5. The first-order chi connectivity index (χ1) is 23.9. The molecule has 0 radical (unpaired) electrons. The molecular formula is C41H51F6NO4. The first kappa shape index (κ1) is 38.6. The Morgan fingerprint density at radius 1 is 0.808 bits per heavy atom. The number of carbonyl (C=O) groups is 2. The van der Waals surface area contributed by atoms with Crippen LogP contribution in [0.3, 0.4) is 0 Å². The molecule has 0 heterocycles. The van der Waals surface area contributed by atoms with E-state index in [1.54, 1.807) is 0 Å². The van der Waals surface area contributed by atoms with Crippen LogP contribution in [0.25, 0.3) is 5.57 Å². The Labute approximate surface area is 302 Å². The van der Waals surface area contributed by atoms with Gasteiger partial charge in [0.15, 0.2) is 0 Å². The predicted octanol–water partition coefficient (Wildman–Crippen LogP) is 11.2. The minimum absolute atomic E-state index is 0.0166. The summed E-state index contributed by atoms with van der Waals surface area (Å²) in [5, 5.41) is 3.34. The fourth-order valence-electron chi connectivity index (χ4n) is 12.8. The number of halogens is 6. The van der Waals surface area contributed by atoms with Crippen molar-refractivity contribution in [2.75, 3.05) is 0 Å². The molecule has 4 saturated carbocycles. The van der Waals surface area contributed by atoms with Gasteiger partial charge in [-0.1, -0.05) is 82.7 Å². The maximum absolute atomic E-state index is 13.6. The average molecular weight is 736 g/mol. The first-order valence-electron chi connectivity index (χ1n) is 18.5. The topological polar surface area (TPSA) is 65.0 Å². The van der Waals surface area contributed by atoms with Gasteiger partial charge in [-0.25, -0.2) is 9.59 Å². The van der Waals surface area contributed by atoms with Gasteiger partial charge >= 0.3 is 24.3 Å². The summed E-state index contributed by atoms with van der Waals surface area (Å²) in [7, 11) is 0. The van der Waals surface area contributed by atoms with Gasteiger partial charge in [-0.2, -0.15) is 26.3 Å². The Bertz CT molecular complexity index is 1690. The van der Waals surface area contributed by atoms with Crippen molar-refractivity contribution in [3.63, 3.8) is 0 Å². The first-order valence-corrected chi connectivity index (χ1v) is 18.5. The van der Waals surface area contributed by atoms with Gasteiger partial charge in [0.1, 0.15) is 0 Å². The fraction of sp³-hybridized carbons (Fsp3) is 0.683. The summed E-state index contributed by atoms with van der Waals surface area (Å²) in [6, 6.07) is 8.74. The average Bonchev–Trinajstić information content (AvgIpc) is 3.44. The number of nitrogens with zero attached hydrogens (tertiary/aromatic N) is 1. The molecule has 9 atom stereocenters. The van der Waals surface area contributed by atoms with Crippen molar-refractivity contribution in [1.82, 2.24) is 0 Å². The van der Waals surface area contributed by atoms with Gasteiger partial charge in [-0.05, 0) is 139 Å². The molecule has 5 aliphatic rings. The SMILES string of the molecule is C=C(C)[C@@H]1CC[C@]2(/C(=N/OC(=O)C(F)(F)F)OC(=O)C(F)(F)F)CC[C@]3(C)[C@H](CC[C@@H]4[C@@]5(C)CC=C(c6ccc(C)cc6)C(C)(C)[C@@H]5CC[C@]43C)[C@@H]12. The molecule has 5 nitrogen and oxygen atoms in total. The van der Waals surface area contributed by atoms with Gasteiger partial charge in [0, 0.05) is 0 Å². The van der Waals surface area contributed by atoms with Gasteiger partial charge in [0.2, 0.25) is 5.90 Å². The second-order valence-corrected chi connectivity index (χ2v) is 17.9. The molecule has 0 aromatic heterocycles. The van der Waals surface area contributed by atoms with E-state index in [1.165, 1.54) is 16.7 Å². The molecule has 6 rings (SSSR count). The molecule has 0 N–H and O–H groups in total. The molecule has 0 amide bonds. The lowest BCUT2D eigenvalue weighted by Crippen LogP contribution is -2.66. The maximum atomic E-state index is 13.6. The number of carbonyl (C=O) groups excluding carboxylic acids is 2. The predicted molar refractivity (Wildman–Crippen MR) is 185 cm³/mol. The van der Waals surface area contributed by atoms with E-state index in [0.29, 0.717) is 24.7 Å². The highest BCUT2D eigenvalue weighted by atomic mass is 19.4. The van der Waals surface area contributed by atoms with Crippen molar-refractivity contribution in [3.8, 4) is 0 Å². The van der Waals surface area contributed by atoms with E-state index in [0.717, 1.165) is 37.7 Å². The number of hydrogen-bond acceptors (Lipinski definition) is 5. The third-order valence-corrected chi connectivity index (χ3v) is 15.3. The summed E-state index contributed by atoms with van der Waals surface area (Å²) in [4.78, 5) is 28.2. The van der Waals surface area contributed by atoms with E-state index < -0.39 is 41.5 Å². The lowest BCUT2D eigenvalue weighted by Gasteiger charge is -2.72. The molecule has 5 aliphatic carbocycles. The molecule has 1 aromatic carbocycles. The Kier molecular flexibility index (Phi) is 9.26. The zero-order valence-corrected chi connectivity index (χ0v) is 31.2. The summed E-state index contributed by atoms with van der Waals surface area (Å²) in [6.45, 7) is 20.1. The summed E-state index contributed by atoms with van der Waals surface area (Å²) in [5.41, 5.74) is 2.72. The zero-order chi connectivity index (χ0) is 38.4. The van der Waals surface area contributed by atoms with E-state index in [-0.39, 0.29) is 46.3 Å². The Balaban J connectivity index is 1.40. The number of alkyl halides is 6. The van der Waals surface area contributed by atoms with Crippen LogP contribution in [0.5, 0.6) is 0 Å². The Morgan fingerprint density at radius 3 is 2.04 bits per heavy atom. The minimum atomic E-state index is -5.45. The van der Waals surface area contributed by atoms with Gasteiger partial charge in [0.05, 0.1) is 5.41 Å². The van der Waals surface area contributed by atoms with Crippen LogP contribution in [0, 0.1) is 63.6 Å². The highest BCUT2D eigenvalue weighted by Gasteiger charge is 2.72. The third kappa shape index (κ3) is 5.76. The number of oxime groups is 1. The zero-order valence-electron chi connectivity index (χ0n) is 31.2. The van der Waals surface area contributed by atoms with Crippen LogP contribution in [0.2, 0.25) is 0 Å². The van der Waals surface area contributed by atoms with Crippen molar-refractivity contribution in [2.24, 2.45) is 61.8 Å². The molecule has 0 aliphatic heterocycles. The third-order valence-electron chi connectivity index (χ3n) is 15.3. The van der Waals surface area contributed by atoms with E-state index in [2.05, 4.69) is 88.5 Å². The highest BCUT2D eigenvalue weighted by Crippen LogP contribution is 2.78. The van der Waals surface area contributed by atoms with Crippen LogP contribution in [-0.2, 0) is 19.2 Å². The maximum Gasteiger partial charge on any atom is 0.493 e. The smallest absolute Gasteiger partial charge is 0.401 e. The molecular weight excluding hydrogens is 684 g/mol. The van der Waals surface area contributed by atoms with Crippen LogP contribution in [-0.4, -0.2) is 30.2 Å². The molecule has 286 valence electrons. The van der Waals surface area contributed by atoms with Crippen molar-refractivity contribution < 1.29 is 45.5 Å². The lowest BCUT2D eigenvalue weighted by molar-refractivity contribution is -0.222. The Hall–Kier alpha value is -3.11. The second-order valence-electron chi connectivity index (χ2n) is 17.9. The minimum Gasteiger partial charge on any atom is -0.401 e. The number of benzene rings is 1. The number of allylic oxidation sites excluding steroid dienone is 3. The number of hydrogen-bond donors (Lipinski definition) is 0. The van der Waals surface area contributed by atoms with E-state index in [4.69, 9.17) is 4.74 Å². The molecule has 0 saturated heterocycles. The normalized spacial score (nSPS) is 38.5. The molecule has 0 bridgehead atoms. The van der Waals surface area contributed by atoms with Gasteiger partial charge < -0.3 is 9.57 Å². The standard InChI is InChI=1S/C41H51F6NO4/c1-23(2)26-15-20-39(32(51-33(49)40(42,43)44)48-52-34(50)41(45,46)47)22-21-37(7)28(31(26)39)13-14-30-36(6)18-16-27(25-11-9-24(3)10-12-25)35(4,5)29(36)17-19-38(30,37)8/h9-12,16,26,28-31H,1,13-15,17-22H2,2-8H3/b48-32-/t26-,28+,29-,30+,31+,36-,37+,38+,39-/m0/s1. The van der Waals surface area contributed by atoms with Gasteiger partial charge in [0.25, 0.3) is 0 Å². The van der Waals surface area contributed by atoms with Crippen molar-refractivity contribution in [2.45, 2.75) is 119 Å². The number of fused-ring (bicyclic) bond motifs is 7. The monoisotopic (exact) mass is 735 g/mol. The van der Waals surface area contributed by atoms with Gasteiger partial charge in [-0.15, -0.1) is 0 Å². The molecule has 1 aromatic rings. The van der Waals surface area contributed by atoms with Crippen LogP contribution in [0.15, 0.2) is 47.6 Å². The molecule has 0 spiro atoms. The molecule has 11 heteroatoms. The summed E-state index contributed by atoms with van der Waals surface area (Å²) >= 11 is 0. The fourth-order valence-corrected chi connectivity index (χ4v) is 12.8. The summed E-state index contributed by atoms with van der Waals surface area (Å²) < 4.78 is 85.2. The lowest BCUT2D eigenvalue weighted by atomic mass is 9.32. The van der Waals surface area contributed by atoms with Crippen LogP contribution in [0.4, 0.5) is 26.3 Å². The quantitative estimate of drug-likeness (QED) is 0.0587. The van der Waals surface area contributed by atoms with E-state index in [9.17, 15) is 35.9 Å². The van der Waals surface area contributed by atoms with Crippen molar-refractivity contribution >= 4 is 23.4 Å². The van der Waals surface area contributed by atoms with Crippen LogP contribution >= 0.6 is 0 Å². The van der Waals surface area contributed by atoms with Crippen molar-refractivity contribution in [3.05, 3.63) is 53.6 Å². The van der Waals surface area contributed by atoms with Crippen LogP contribution in [0.1, 0.15) is 110 Å².